The van der Waals surface area contributed by atoms with Crippen LogP contribution in [-0.4, -0.2) is 16.7 Å². The van der Waals surface area contributed by atoms with Crippen molar-refractivity contribution in [3.63, 3.8) is 0 Å². The molecule has 0 fully saturated rings. The maximum atomic E-state index is 5.97. The van der Waals surface area contributed by atoms with Gasteiger partial charge < -0.3 is 10.3 Å². The van der Waals surface area contributed by atoms with Crippen molar-refractivity contribution >= 4 is 23.2 Å². The van der Waals surface area contributed by atoms with Crippen LogP contribution in [0.2, 0.25) is 10.0 Å². The maximum Gasteiger partial charge on any atom is 0.226 e. The Balaban J connectivity index is 1.93. The highest BCUT2D eigenvalue weighted by Gasteiger charge is 2.09. The molecule has 0 radical (unpaired) electrons. The lowest BCUT2D eigenvalue weighted by Gasteiger charge is -1.97. The monoisotopic (exact) mass is 313 g/mol. The van der Waals surface area contributed by atoms with Gasteiger partial charge in [0.05, 0.1) is 10.0 Å². The van der Waals surface area contributed by atoms with Crippen LogP contribution in [0.3, 0.4) is 0 Å². The van der Waals surface area contributed by atoms with Crippen molar-refractivity contribution in [1.82, 2.24) is 10.1 Å². The first kappa shape index (κ1) is 15.3. The molecule has 1 aromatic heterocycles. The molecule has 0 amide bonds. The Labute approximate surface area is 128 Å². The van der Waals surface area contributed by atoms with Gasteiger partial charge in [-0.3, -0.25) is 0 Å². The third-order valence-electron chi connectivity index (χ3n) is 2.99. The number of benzene rings is 1. The summed E-state index contributed by atoms with van der Waals surface area (Å²) in [5, 5.41) is 4.96. The molecule has 0 spiro atoms. The summed E-state index contributed by atoms with van der Waals surface area (Å²) in [5.41, 5.74) is 6.25. The third-order valence-corrected chi connectivity index (χ3v) is 3.73. The Morgan fingerprint density at radius 2 is 1.85 bits per heavy atom. The topological polar surface area (TPSA) is 64.9 Å². The number of hydrogen-bond acceptors (Lipinski definition) is 4. The van der Waals surface area contributed by atoms with E-state index >= 15 is 0 Å². The molecule has 2 rings (SSSR count). The molecule has 0 aliphatic carbocycles. The van der Waals surface area contributed by atoms with E-state index in [-0.39, 0.29) is 0 Å². The minimum absolute atomic E-state index is 0.484. The molecular weight excluding hydrogens is 297 g/mol. The van der Waals surface area contributed by atoms with Gasteiger partial charge in [-0.1, -0.05) is 41.2 Å². The predicted molar refractivity (Wildman–Crippen MR) is 81.0 cm³/mol. The number of hydrogen-bond donors (Lipinski definition) is 1. The van der Waals surface area contributed by atoms with E-state index < -0.39 is 0 Å². The second-order valence-corrected chi connectivity index (χ2v) is 5.41. The molecule has 0 saturated heterocycles. The molecule has 0 aliphatic heterocycles. The van der Waals surface area contributed by atoms with Crippen molar-refractivity contribution < 1.29 is 4.52 Å². The van der Waals surface area contributed by atoms with E-state index in [9.17, 15) is 0 Å². The van der Waals surface area contributed by atoms with E-state index in [1.807, 2.05) is 6.07 Å². The minimum Gasteiger partial charge on any atom is -0.339 e. The number of aromatic nitrogens is 2. The van der Waals surface area contributed by atoms with Crippen molar-refractivity contribution in [2.75, 3.05) is 6.54 Å². The van der Waals surface area contributed by atoms with Crippen LogP contribution in [0.4, 0.5) is 0 Å². The van der Waals surface area contributed by atoms with Crippen LogP contribution < -0.4 is 5.73 Å². The second kappa shape index (κ2) is 7.62. The SMILES string of the molecule is NCCCCCCc1nc(-c2ccc(Cl)c(Cl)c2)no1. The molecule has 6 heteroatoms. The average molecular weight is 314 g/mol. The fraction of sp³-hybridized carbons (Fsp3) is 0.429. The van der Waals surface area contributed by atoms with E-state index in [1.54, 1.807) is 12.1 Å². The number of aryl methyl sites for hydroxylation is 1. The number of halogens is 2. The van der Waals surface area contributed by atoms with Crippen LogP contribution in [-0.2, 0) is 6.42 Å². The molecule has 0 bridgehead atoms. The molecule has 108 valence electrons. The molecule has 2 N–H and O–H groups in total. The highest BCUT2D eigenvalue weighted by molar-refractivity contribution is 6.42. The van der Waals surface area contributed by atoms with Crippen LogP contribution in [0, 0.1) is 0 Å². The Hall–Kier alpha value is -1.10. The van der Waals surface area contributed by atoms with Gasteiger partial charge in [0.2, 0.25) is 11.7 Å². The Morgan fingerprint density at radius 1 is 1.05 bits per heavy atom. The number of rotatable bonds is 7. The first-order chi connectivity index (χ1) is 9.70. The Bertz CT molecular complexity index is 557. The predicted octanol–water partition coefficient (Wildman–Crippen LogP) is 4.11. The van der Waals surface area contributed by atoms with Gasteiger partial charge in [0.15, 0.2) is 0 Å². The molecule has 1 heterocycles. The summed E-state index contributed by atoms with van der Waals surface area (Å²) in [4.78, 5) is 4.36. The Kier molecular flexibility index (Phi) is 5.83. The minimum atomic E-state index is 0.484. The number of nitrogens with two attached hydrogens (primary N) is 1. The summed E-state index contributed by atoms with van der Waals surface area (Å²) in [6.45, 7) is 0.752. The lowest BCUT2D eigenvalue weighted by atomic mass is 10.1. The van der Waals surface area contributed by atoms with E-state index in [0.29, 0.717) is 21.8 Å². The smallest absolute Gasteiger partial charge is 0.226 e. The van der Waals surface area contributed by atoms with Gasteiger partial charge in [0.1, 0.15) is 0 Å². The number of unbranched alkanes of at least 4 members (excludes halogenated alkanes) is 3. The van der Waals surface area contributed by atoms with Crippen molar-refractivity contribution in [3.05, 3.63) is 34.1 Å². The van der Waals surface area contributed by atoms with Gasteiger partial charge >= 0.3 is 0 Å². The van der Waals surface area contributed by atoms with Crippen LogP contribution in [0.1, 0.15) is 31.6 Å². The highest BCUT2D eigenvalue weighted by Crippen LogP contribution is 2.27. The molecule has 4 nitrogen and oxygen atoms in total. The number of nitrogens with zero attached hydrogens (tertiary/aromatic N) is 2. The fourth-order valence-corrected chi connectivity index (χ4v) is 2.18. The normalized spacial score (nSPS) is 10.9. The zero-order chi connectivity index (χ0) is 14.4. The summed E-state index contributed by atoms with van der Waals surface area (Å²) in [6.07, 6.45) is 5.16. The van der Waals surface area contributed by atoms with Crippen LogP contribution in [0.5, 0.6) is 0 Å². The summed E-state index contributed by atoms with van der Waals surface area (Å²) in [7, 11) is 0. The van der Waals surface area contributed by atoms with Gasteiger partial charge in [-0.15, -0.1) is 0 Å². The molecule has 2 aromatic rings. The molecule has 0 atom stereocenters. The molecule has 0 unspecified atom stereocenters. The summed E-state index contributed by atoms with van der Waals surface area (Å²) in [6, 6.07) is 5.28. The molecule has 20 heavy (non-hydrogen) atoms. The lowest BCUT2D eigenvalue weighted by Crippen LogP contribution is -1.97. The van der Waals surface area contributed by atoms with Crippen LogP contribution >= 0.6 is 23.2 Å². The maximum absolute atomic E-state index is 5.97. The molecule has 1 aromatic carbocycles. The van der Waals surface area contributed by atoms with Crippen molar-refractivity contribution in [1.29, 1.82) is 0 Å². The standard InChI is InChI=1S/C14H17Cl2N3O/c15-11-7-6-10(9-12(11)16)14-18-13(20-19-14)5-3-1-2-4-8-17/h6-7,9H,1-5,8,17H2. The highest BCUT2D eigenvalue weighted by atomic mass is 35.5. The zero-order valence-electron chi connectivity index (χ0n) is 11.1. The zero-order valence-corrected chi connectivity index (χ0v) is 12.6. The van der Waals surface area contributed by atoms with E-state index in [0.717, 1.165) is 44.2 Å². The van der Waals surface area contributed by atoms with Gasteiger partial charge in [-0.25, -0.2) is 0 Å². The second-order valence-electron chi connectivity index (χ2n) is 4.59. The van der Waals surface area contributed by atoms with Crippen molar-refractivity contribution in [2.45, 2.75) is 32.1 Å². The van der Waals surface area contributed by atoms with Gasteiger partial charge in [0, 0.05) is 12.0 Å². The Morgan fingerprint density at radius 3 is 2.60 bits per heavy atom. The molecule has 0 saturated carbocycles. The van der Waals surface area contributed by atoms with Crippen molar-refractivity contribution in [3.8, 4) is 11.4 Å². The van der Waals surface area contributed by atoms with Gasteiger partial charge in [0.25, 0.3) is 0 Å². The van der Waals surface area contributed by atoms with Gasteiger partial charge in [-0.05, 0) is 37.6 Å². The van der Waals surface area contributed by atoms with Crippen molar-refractivity contribution in [2.24, 2.45) is 5.73 Å². The van der Waals surface area contributed by atoms with Crippen LogP contribution in [0.15, 0.2) is 22.7 Å². The lowest BCUT2D eigenvalue weighted by molar-refractivity contribution is 0.374. The van der Waals surface area contributed by atoms with Gasteiger partial charge in [-0.2, -0.15) is 4.98 Å². The third kappa shape index (κ3) is 4.20. The van der Waals surface area contributed by atoms with E-state index in [2.05, 4.69) is 10.1 Å². The van der Waals surface area contributed by atoms with E-state index in [1.165, 1.54) is 0 Å². The van der Waals surface area contributed by atoms with Crippen LogP contribution in [0.25, 0.3) is 11.4 Å². The largest absolute Gasteiger partial charge is 0.339 e. The average Bonchev–Trinajstić information content (AvgIpc) is 2.90. The summed E-state index contributed by atoms with van der Waals surface area (Å²) in [5.74, 6) is 1.19. The first-order valence-electron chi connectivity index (χ1n) is 6.69. The van der Waals surface area contributed by atoms with E-state index in [4.69, 9.17) is 33.5 Å². The summed E-state index contributed by atoms with van der Waals surface area (Å²) < 4.78 is 5.23. The molecule has 0 aliphatic rings. The first-order valence-corrected chi connectivity index (χ1v) is 7.44. The molecular formula is C14H17Cl2N3O. The fourth-order valence-electron chi connectivity index (χ4n) is 1.88. The quantitative estimate of drug-likeness (QED) is 0.781. The summed E-state index contributed by atoms with van der Waals surface area (Å²) >= 11 is 11.9.